The highest BCUT2D eigenvalue weighted by molar-refractivity contribution is 5.99. The van der Waals surface area contributed by atoms with Crippen molar-refractivity contribution in [3.8, 4) is 0 Å². The molecule has 1 aromatic heterocycles. The summed E-state index contributed by atoms with van der Waals surface area (Å²) in [4.78, 5) is 31.3. The molecule has 0 saturated carbocycles. The zero-order chi connectivity index (χ0) is 18.7. The lowest BCUT2D eigenvalue weighted by molar-refractivity contribution is -0.145. The Bertz CT molecular complexity index is 834. The van der Waals surface area contributed by atoms with Gasteiger partial charge in [0.15, 0.2) is 0 Å². The van der Waals surface area contributed by atoms with Crippen LogP contribution in [-0.2, 0) is 14.3 Å². The minimum Gasteiger partial charge on any atom is -0.466 e. The number of aromatic nitrogens is 1. The van der Waals surface area contributed by atoms with Crippen LogP contribution in [0.25, 0.3) is 10.9 Å². The second kappa shape index (κ2) is 7.83. The summed E-state index contributed by atoms with van der Waals surface area (Å²) in [5, 5.41) is 0.939. The molecule has 1 saturated heterocycles. The van der Waals surface area contributed by atoms with Crippen molar-refractivity contribution in [1.29, 1.82) is 0 Å². The highest BCUT2D eigenvalue weighted by Gasteiger charge is 2.31. The topological polar surface area (TPSA) is 68.7 Å². The van der Waals surface area contributed by atoms with Gasteiger partial charge >= 0.3 is 5.97 Å². The molecule has 138 valence electrons. The number of carbonyl (C=O) groups excluding carboxylic acids is 2. The van der Waals surface area contributed by atoms with E-state index in [1.54, 1.807) is 11.8 Å². The van der Waals surface area contributed by atoms with E-state index in [0.29, 0.717) is 37.6 Å². The molecule has 1 amide bonds. The van der Waals surface area contributed by atoms with E-state index in [-0.39, 0.29) is 24.3 Å². The number of benzene rings is 1. The monoisotopic (exact) mass is 356 g/mol. The minimum atomic E-state index is -0.317. The van der Waals surface area contributed by atoms with Crippen molar-refractivity contribution >= 4 is 22.8 Å². The average Bonchev–Trinajstić information content (AvgIpc) is 2.61. The van der Waals surface area contributed by atoms with Crippen LogP contribution in [0.1, 0.15) is 35.0 Å². The summed E-state index contributed by atoms with van der Waals surface area (Å²) in [6.07, 6.45) is 0.138. The smallest absolute Gasteiger partial charge is 0.307 e. The number of nitrogens with zero attached hydrogens (tertiary/aromatic N) is 2. The number of aryl methyl sites for hydroxylation is 2. The maximum atomic E-state index is 13.2. The number of hydrogen-bond donors (Lipinski definition) is 0. The van der Waals surface area contributed by atoms with E-state index >= 15 is 0 Å². The first-order chi connectivity index (χ1) is 12.5. The lowest BCUT2D eigenvalue weighted by atomic mass is 10.0. The molecule has 1 aliphatic heterocycles. The summed E-state index contributed by atoms with van der Waals surface area (Å²) < 4.78 is 10.5. The van der Waals surface area contributed by atoms with E-state index in [1.165, 1.54) is 0 Å². The van der Waals surface area contributed by atoms with Gasteiger partial charge in [-0.2, -0.15) is 0 Å². The second-order valence-electron chi connectivity index (χ2n) is 6.55. The van der Waals surface area contributed by atoms with Crippen molar-refractivity contribution in [3.63, 3.8) is 0 Å². The van der Waals surface area contributed by atoms with Gasteiger partial charge in [0.1, 0.15) is 0 Å². The third-order valence-electron chi connectivity index (χ3n) is 4.59. The van der Waals surface area contributed by atoms with Gasteiger partial charge in [-0.1, -0.05) is 11.6 Å². The van der Waals surface area contributed by atoms with Crippen LogP contribution in [0.2, 0.25) is 0 Å². The Hall–Kier alpha value is -2.47. The van der Waals surface area contributed by atoms with Crippen LogP contribution in [0.5, 0.6) is 0 Å². The lowest BCUT2D eigenvalue weighted by Gasteiger charge is -2.35. The average molecular weight is 356 g/mol. The molecule has 0 radical (unpaired) electrons. The van der Waals surface area contributed by atoms with E-state index in [4.69, 9.17) is 9.47 Å². The van der Waals surface area contributed by atoms with Crippen LogP contribution >= 0.6 is 0 Å². The first kappa shape index (κ1) is 18.3. The first-order valence-corrected chi connectivity index (χ1v) is 8.92. The number of morpholine rings is 1. The fraction of sp³-hybridized carbons (Fsp3) is 0.450. The van der Waals surface area contributed by atoms with Crippen LogP contribution in [-0.4, -0.2) is 54.2 Å². The molecule has 2 heterocycles. The van der Waals surface area contributed by atoms with Crippen LogP contribution in [0.15, 0.2) is 24.3 Å². The van der Waals surface area contributed by atoms with Crippen molar-refractivity contribution in [2.75, 3.05) is 26.4 Å². The maximum absolute atomic E-state index is 13.2. The van der Waals surface area contributed by atoms with Crippen LogP contribution < -0.4 is 0 Å². The summed E-state index contributed by atoms with van der Waals surface area (Å²) in [5.74, 6) is -0.430. The van der Waals surface area contributed by atoms with Gasteiger partial charge in [0.2, 0.25) is 0 Å². The van der Waals surface area contributed by atoms with E-state index in [2.05, 4.69) is 4.98 Å². The van der Waals surface area contributed by atoms with Gasteiger partial charge in [-0.25, -0.2) is 0 Å². The van der Waals surface area contributed by atoms with Gasteiger partial charge in [-0.15, -0.1) is 0 Å². The van der Waals surface area contributed by atoms with Crippen molar-refractivity contribution in [2.45, 2.75) is 33.2 Å². The molecule has 26 heavy (non-hydrogen) atoms. The molecule has 1 atom stereocenters. The summed E-state index contributed by atoms with van der Waals surface area (Å²) in [6.45, 7) is 7.20. The Morgan fingerprint density at radius 1 is 1.31 bits per heavy atom. The highest BCUT2D eigenvalue weighted by atomic mass is 16.5. The Balaban J connectivity index is 1.89. The molecule has 1 aliphatic rings. The van der Waals surface area contributed by atoms with Crippen LogP contribution in [0.4, 0.5) is 0 Å². The fourth-order valence-corrected chi connectivity index (χ4v) is 3.27. The molecule has 1 fully saturated rings. The van der Waals surface area contributed by atoms with Crippen molar-refractivity contribution in [1.82, 2.24) is 9.88 Å². The van der Waals surface area contributed by atoms with Gasteiger partial charge in [-0.3, -0.25) is 14.6 Å². The van der Waals surface area contributed by atoms with E-state index < -0.39 is 0 Å². The number of pyridine rings is 1. The molecular formula is C20H24N2O4. The molecule has 0 aliphatic carbocycles. The number of amides is 1. The van der Waals surface area contributed by atoms with E-state index in [9.17, 15) is 9.59 Å². The molecule has 6 heteroatoms. The highest BCUT2D eigenvalue weighted by Crippen LogP contribution is 2.22. The maximum Gasteiger partial charge on any atom is 0.307 e. The summed E-state index contributed by atoms with van der Waals surface area (Å²) >= 11 is 0. The normalized spacial score (nSPS) is 17.3. The number of ether oxygens (including phenoxy) is 2. The molecule has 0 bridgehead atoms. The molecule has 2 aromatic rings. The zero-order valence-corrected chi connectivity index (χ0v) is 15.4. The largest absolute Gasteiger partial charge is 0.466 e. The van der Waals surface area contributed by atoms with E-state index in [0.717, 1.165) is 16.5 Å². The second-order valence-corrected chi connectivity index (χ2v) is 6.55. The number of fused-ring (bicyclic) bond motifs is 1. The van der Waals surface area contributed by atoms with Gasteiger partial charge < -0.3 is 14.4 Å². The van der Waals surface area contributed by atoms with Crippen molar-refractivity contribution in [3.05, 3.63) is 41.1 Å². The van der Waals surface area contributed by atoms with Gasteiger partial charge in [0, 0.05) is 11.9 Å². The number of rotatable bonds is 4. The van der Waals surface area contributed by atoms with Gasteiger partial charge in [0.25, 0.3) is 5.91 Å². The zero-order valence-electron chi connectivity index (χ0n) is 15.4. The van der Waals surface area contributed by atoms with Gasteiger partial charge in [0.05, 0.1) is 49.1 Å². The fourth-order valence-electron chi connectivity index (χ4n) is 3.27. The molecule has 6 nitrogen and oxygen atoms in total. The van der Waals surface area contributed by atoms with Crippen LogP contribution in [0.3, 0.4) is 0 Å². The Labute approximate surface area is 153 Å². The molecule has 1 aromatic carbocycles. The Morgan fingerprint density at radius 2 is 2.12 bits per heavy atom. The Kier molecular flexibility index (Phi) is 5.52. The Morgan fingerprint density at radius 3 is 2.88 bits per heavy atom. The summed E-state index contributed by atoms with van der Waals surface area (Å²) in [6, 6.07) is 7.57. The first-order valence-electron chi connectivity index (χ1n) is 8.92. The molecule has 3 rings (SSSR count). The van der Waals surface area contributed by atoms with Gasteiger partial charge in [-0.05, 0) is 39.0 Å². The molecule has 1 unspecified atom stereocenters. The third-order valence-corrected chi connectivity index (χ3v) is 4.59. The quantitative estimate of drug-likeness (QED) is 0.788. The van der Waals surface area contributed by atoms with E-state index in [1.807, 2.05) is 38.1 Å². The third kappa shape index (κ3) is 3.85. The molecule has 0 N–H and O–H groups in total. The van der Waals surface area contributed by atoms with Crippen molar-refractivity contribution < 1.29 is 19.1 Å². The minimum absolute atomic E-state index is 0.115. The number of carbonyl (C=O) groups is 2. The standard InChI is InChI=1S/C20H24N2O4/c1-4-26-19(23)11-16-12-25-8-7-22(16)20(24)17-10-15-9-13(2)5-6-18(15)21-14(17)3/h5-6,9-10,16H,4,7-8,11-12H2,1-3H3. The molecular weight excluding hydrogens is 332 g/mol. The number of hydrogen-bond acceptors (Lipinski definition) is 5. The SMILES string of the molecule is CCOC(=O)CC1COCCN1C(=O)c1cc2cc(C)ccc2nc1C. The van der Waals surface area contributed by atoms with Crippen LogP contribution in [0, 0.1) is 13.8 Å². The molecule has 0 spiro atoms. The summed E-state index contributed by atoms with van der Waals surface area (Å²) in [7, 11) is 0. The predicted octanol–water partition coefficient (Wildman–Crippen LogP) is 2.65. The number of esters is 1. The lowest BCUT2D eigenvalue weighted by Crippen LogP contribution is -2.49. The van der Waals surface area contributed by atoms with Crippen molar-refractivity contribution in [2.24, 2.45) is 0 Å². The predicted molar refractivity (Wildman–Crippen MR) is 98.1 cm³/mol. The summed E-state index contributed by atoms with van der Waals surface area (Å²) in [5.41, 5.74) is 3.24.